The molecule has 0 bridgehead atoms. The number of amides is 1. The fraction of sp³-hybridized carbons (Fsp3) is 0.667. The van der Waals surface area contributed by atoms with E-state index in [2.05, 4.69) is 17.1 Å². The summed E-state index contributed by atoms with van der Waals surface area (Å²) in [5.74, 6) is 0.649. The van der Waals surface area contributed by atoms with Crippen LogP contribution in [0.2, 0.25) is 0 Å². The molecule has 4 nitrogen and oxygen atoms in total. The summed E-state index contributed by atoms with van der Waals surface area (Å²) in [6.45, 7) is 3.02. The van der Waals surface area contributed by atoms with Gasteiger partial charge in [-0.15, -0.1) is 5.10 Å². The maximum atomic E-state index is 12.5. The van der Waals surface area contributed by atoms with Gasteiger partial charge in [-0.1, -0.05) is 6.92 Å². The Labute approximate surface area is 114 Å². The number of nitrogens with zero attached hydrogens (tertiary/aromatic N) is 3. The molecule has 0 N–H and O–H groups in total. The highest BCUT2D eigenvalue weighted by Crippen LogP contribution is 2.38. The molecular formula is C15H21N3O. The maximum absolute atomic E-state index is 12.5. The standard InChI is InChI=1S/C15H21N3O/c1-2-12-5-3-4-10-18(12)15(19)14-9-8-13(16-17-14)11-6-7-11/h8-9,11-12H,2-7,10H2,1H3. The van der Waals surface area contributed by atoms with Crippen LogP contribution in [-0.4, -0.2) is 33.6 Å². The first kappa shape index (κ1) is 12.6. The molecular weight excluding hydrogens is 238 g/mol. The van der Waals surface area contributed by atoms with E-state index in [1.165, 1.54) is 19.3 Å². The number of rotatable bonds is 3. The highest BCUT2D eigenvalue weighted by atomic mass is 16.2. The number of hydrogen-bond acceptors (Lipinski definition) is 3. The minimum absolute atomic E-state index is 0.0568. The van der Waals surface area contributed by atoms with Gasteiger partial charge in [0.1, 0.15) is 0 Å². The van der Waals surface area contributed by atoms with Crippen molar-refractivity contribution in [2.24, 2.45) is 0 Å². The number of piperidine rings is 1. The molecule has 0 aromatic carbocycles. The van der Waals surface area contributed by atoms with Crippen molar-refractivity contribution in [2.45, 2.75) is 57.4 Å². The molecule has 2 aliphatic rings. The number of carbonyl (C=O) groups excluding carboxylic acids is 1. The lowest BCUT2D eigenvalue weighted by atomic mass is 9.99. The van der Waals surface area contributed by atoms with Crippen LogP contribution in [0.15, 0.2) is 12.1 Å². The Hall–Kier alpha value is -1.45. The fourth-order valence-corrected chi connectivity index (χ4v) is 2.89. The second-order valence-electron chi connectivity index (χ2n) is 5.67. The monoisotopic (exact) mass is 259 g/mol. The van der Waals surface area contributed by atoms with E-state index in [1.54, 1.807) is 0 Å². The lowest BCUT2D eigenvalue weighted by Crippen LogP contribution is -2.43. The average Bonchev–Trinajstić information content (AvgIpc) is 3.31. The molecule has 1 amide bonds. The van der Waals surface area contributed by atoms with Gasteiger partial charge in [0, 0.05) is 18.5 Å². The molecule has 19 heavy (non-hydrogen) atoms. The van der Waals surface area contributed by atoms with Gasteiger partial charge in [-0.05, 0) is 50.7 Å². The molecule has 3 rings (SSSR count). The molecule has 0 radical (unpaired) electrons. The number of aromatic nitrogens is 2. The first-order valence-electron chi connectivity index (χ1n) is 7.44. The second-order valence-corrected chi connectivity index (χ2v) is 5.67. The van der Waals surface area contributed by atoms with Crippen LogP contribution >= 0.6 is 0 Å². The first-order valence-corrected chi connectivity index (χ1v) is 7.44. The highest BCUT2D eigenvalue weighted by Gasteiger charge is 2.28. The summed E-state index contributed by atoms with van der Waals surface area (Å²) >= 11 is 0. The van der Waals surface area contributed by atoms with E-state index in [0.29, 0.717) is 17.7 Å². The van der Waals surface area contributed by atoms with Crippen LogP contribution in [0.25, 0.3) is 0 Å². The Morgan fingerprint density at radius 2 is 2.11 bits per heavy atom. The van der Waals surface area contributed by atoms with Crippen molar-refractivity contribution in [1.29, 1.82) is 0 Å². The number of carbonyl (C=O) groups is 1. The van der Waals surface area contributed by atoms with Crippen LogP contribution < -0.4 is 0 Å². The minimum Gasteiger partial charge on any atom is -0.334 e. The van der Waals surface area contributed by atoms with Crippen LogP contribution in [0.4, 0.5) is 0 Å². The number of hydrogen-bond donors (Lipinski definition) is 0. The molecule has 102 valence electrons. The summed E-state index contributed by atoms with van der Waals surface area (Å²) in [6, 6.07) is 4.21. The Morgan fingerprint density at radius 3 is 2.74 bits per heavy atom. The Morgan fingerprint density at radius 1 is 1.26 bits per heavy atom. The first-order chi connectivity index (χ1) is 9.29. The van der Waals surface area contributed by atoms with Gasteiger partial charge in [0.05, 0.1) is 5.69 Å². The van der Waals surface area contributed by atoms with Gasteiger partial charge in [-0.2, -0.15) is 5.10 Å². The van der Waals surface area contributed by atoms with E-state index in [4.69, 9.17) is 0 Å². The molecule has 1 aromatic heterocycles. The van der Waals surface area contributed by atoms with Gasteiger partial charge in [-0.25, -0.2) is 0 Å². The van der Waals surface area contributed by atoms with Gasteiger partial charge in [0.25, 0.3) is 5.91 Å². The zero-order valence-corrected chi connectivity index (χ0v) is 11.5. The van der Waals surface area contributed by atoms with Crippen molar-refractivity contribution >= 4 is 5.91 Å². The van der Waals surface area contributed by atoms with Crippen LogP contribution in [-0.2, 0) is 0 Å². The summed E-state index contributed by atoms with van der Waals surface area (Å²) in [5.41, 5.74) is 1.55. The molecule has 1 saturated carbocycles. The second kappa shape index (κ2) is 5.27. The van der Waals surface area contributed by atoms with E-state index in [-0.39, 0.29) is 5.91 Å². The predicted octanol–water partition coefficient (Wildman–Crippen LogP) is 2.76. The summed E-state index contributed by atoms with van der Waals surface area (Å²) in [4.78, 5) is 14.5. The number of likely N-dealkylation sites (tertiary alicyclic amines) is 1. The van der Waals surface area contributed by atoms with Crippen molar-refractivity contribution in [3.05, 3.63) is 23.5 Å². The summed E-state index contributed by atoms with van der Waals surface area (Å²) in [5, 5.41) is 8.35. The van der Waals surface area contributed by atoms with Crippen LogP contribution in [0.5, 0.6) is 0 Å². The molecule has 0 spiro atoms. The van der Waals surface area contributed by atoms with E-state index >= 15 is 0 Å². The quantitative estimate of drug-likeness (QED) is 0.838. The lowest BCUT2D eigenvalue weighted by Gasteiger charge is -2.34. The zero-order valence-electron chi connectivity index (χ0n) is 11.5. The smallest absolute Gasteiger partial charge is 0.274 e. The highest BCUT2D eigenvalue weighted by molar-refractivity contribution is 5.92. The molecule has 2 fully saturated rings. The summed E-state index contributed by atoms with van der Waals surface area (Å²) in [7, 11) is 0. The van der Waals surface area contributed by atoms with Gasteiger partial charge in [0.2, 0.25) is 0 Å². The molecule has 1 aliphatic carbocycles. The maximum Gasteiger partial charge on any atom is 0.274 e. The van der Waals surface area contributed by atoms with Crippen LogP contribution in [0.3, 0.4) is 0 Å². The normalized spacial score (nSPS) is 23.4. The summed E-state index contributed by atoms with van der Waals surface area (Å²) < 4.78 is 0. The Kier molecular flexibility index (Phi) is 3.49. The van der Waals surface area contributed by atoms with E-state index < -0.39 is 0 Å². The van der Waals surface area contributed by atoms with Crippen molar-refractivity contribution < 1.29 is 4.79 Å². The molecule has 1 aromatic rings. The molecule has 4 heteroatoms. The third-order valence-electron chi connectivity index (χ3n) is 4.26. The van der Waals surface area contributed by atoms with Crippen molar-refractivity contribution in [2.75, 3.05) is 6.54 Å². The Bertz CT molecular complexity index is 453. The van der Waals surface area contributed by atoms with Gasteiger partial charge >= 0.3 is 0 Å². The van der Waals surface area contributed by atoms with Crippen molar-refractivity contribution in [1.82, 2.24) is 15.1 Å². The van der Waals surface area contributed by atoms with E-state index in [0.717, 1.165) is 31.5 Å². The third kappa shape index (κ3) is 2.62. The van der Waals surface area contributed by atoms with Gasteiger partial charge in [-0.3, -0.25) is 4.79 Å². The summed E-state index contributed by atoms with van der Waals surface area (Å²) in [6.07, 6.45) is 6.91. The zero-order chi connectivity index (χ0) is 13.2. The van der Waals surface area contributed by atoms with Crippen LogP contribution in [0, 0.1) is 0 Å². The fourth-order valence-electron chi connectivity index (χ4n) is 2.89. The molecule has 1 unspecified atom stereocenters. The van der Waals surface area contributed by atoms with Crippen molar-refractivity contribution in [3.63, 3.8) is 0 Å². The van der Waals surface area contributed by atoms with E-state index in [9.17, 15) is 4.79 Å². The Balaban J connectivity index is 1.74. The third-order valence-corrected chi connectivity index (χ3v) is 4.26. The average molecular weight is 259 g/mol. The van der Waals surface area contributed by atoms with E-state index in [1.807, 2.05) is 17.0 Å². The van der Waals surface area contributed by atoms with Gasteiger partial charge < -0.3 is 4.90 Å². The predicted molar refractivity (Wildman–Crippen MR) is 73.0 cm³/mol. The molecule has 1 aliphatic heterocycles. The minimum atomic E-state index is 0.0568. The van der Waals surface area contributed by atoms with Gasteiger partial charge in [0.15, 0.2) is 5.69 Å². The van der Waals surface area contributed by atoms with Crippen LogP contribution in [0.1, 0.15) is 67.5 Å². The lowest BCUT2D eigenvalue weighted by molar-refractivity contribution is 0.0600. The molecule has 1 atom stereocenters. The van der Waals surface area contributed by atoms with Crippen molar-refractivity contribution in [3.8, 4) is 0 Å². The topological polar surface area (TPSA) is 46.1 Å². The molecule has 1 saturated heterocycles. The largest absolute Gasteiger partial charge is 0.334 e. The SMILES string of the molecule is CCC1CCCCN1C(=O)c1ccc(C2CC2)nn1. The molecule has 2 heterocycles.